The average Bonchev–Trinajstić information content (AvgIpc) is 2.62. The molecule has 1 rings (SSSR count). The van der Waals surface area contributed by atoms with E-state index in [1.54, 1.807) is 6.07 Å². The Bertz CT molecular complexity index is 633. The van der Waals surface area contributed by atoms with Crippen molar-refractivity contribution in [3.63, 3.8) is 0 Å². The number of hydrogen-bond donors (Lipinski definition) is 1. The number of anilines is 1. The van der Waals surface area contributed by atoms with E-state index < -0.39 is 11.9 Å². The minimum absolute atomic E-state index is 0.173. The molecule has 0 saturated carbocycles. The molecular formula is C19H25NO5. The topological polar surface area (TPSA) is 73.9 Å². The Morgan fingerprint density at radius 3 is 2.08 bits per heavy atom. The van der Waals surface area contributed by atoms with Crippen LogP contribution in [0, 0.1) is 12.3 Å². The van der Waals surface area contributed by atoms with Gasteiger partial charge >= 0.3 is 5.97 Å². The van der Waals surface area contributed by atoms with Gasteiger partial charge in [0.05, 0.1) is 31.1 Å². The lowest BCUT2D eigenvalue weighted by molar-refractivity contribution is -0.111. The highest BCUT2D eigenvalue weighted by Gasteiger charge is 2.20. The van der Waals surface area contributed by atoms with Crippen LogP contribution in [0.4, 0.5) is 5.69 Å². The molecular weight excluding hydrogens is 322 g/mol. The zero-order chi connectivity index (χ0) is 18.7. The highest BCUT2D eigenvalue weighted by molar-refractivity contribution is 6.08. The maximum absolute atomic E-state index is 12.3. The summed E-state index contributed by atoms with van der Waals surface area (Å²) in [4.78, 5) is 23.9. The molecule has 1 aromatic carbocycles. The first-order chi connectivity index (χ1) is 12.1. The molecule has 0 unspecified atom stereocenters. The van der Waals surface area contributed by atoms with E-state index in [1.807, 2.05) is 26.7 Å². The molecule has 25 heavy (non-hydrogen) atoms. The van der Waals surface area contributed by atoms with Crippen molar-refractivity contribution >= 4 is 17.6 Å². The van der Waals surface area contributed by atoms with Gasteiger partial charge in [-0.1, -0.05) is 20.8 Å². The molecule has 0 aliphatic heterocycles. The summed E-state index contributed by atoms with van der Waals surface area (Å²) in [6.07, 6.45) is 7.40. The summed E-state index contributed by atoms with van der Waals surface area (Å²) in [5.41, 5.74) is 0.408. The molecule has 0 spiro atoms. The van der Waals surface area contributed by atoms with Crippen LogP contribution in [0.1, 0.15) is 50.4 Å². The molecule has 0 aliphatic rings. The molecule has 1 amide bonds. The third-order valence-corrected chi connectivity index (χ3v) is 3.04. The van der Waals surface area contributed by atoms with Gasteiger partial charge in [0.1, 0.15) is 0 Å². The largest absolute Gasteiger partial charge is 0.490 e. The number of esters is 1. The van der Waals surface area contributed by atoms with Crippen LogP contribution in [0.15, 0.2) is 12.1 Å². The Kier molecular flexibility index (Phi) is 8.94. The maximum Gasteiger partial charge on any atom is 0.340 e. The lowest BCUT2D eigenvalue weighted by atomic mass is 10.1. The first-order valence-corrected chi connectivity index (χ1v) is 8.45. The summed E-state index contributed by atoms with van der Waals surface area (Å²) in [7, 11) is 0. The molecule has 6 heteroatoms. The molecule has 0 heterocycles. The number of benzene rings is 1. The molecule has 0 radical (unpaired) electrons. The summed E-state index contributed by atoms with van der Waals surface area (Å²) in [5.74, 6) is 1.61. The first kappa shape index (κ1) is 20.4. The Balaban J connectivity index is 3.29. The van der Waals surface area contributed by atoms with E-state index in [2.05, 4.69) is 5.32 Å². The second-order valence-electron chi connectivity index (χ2n) is 5.28. The second kappa shape index (κ2) is 11.0. The molecule has 0 saturated heterocycles. The Hall–Kier alpha value is -2.68. The Morgan fingerprint density at radius 1 is 1.00 bits per heavy atom. The van der Waals surface area contributed by atoms with E-state index >= 15 is 0 Å². The van der Waals surface area contributed by atoms with E-state index in [9.17, 15) is 9.59 Å². The van der Waals surface area contributed by atoms with E-state index in [4.69, 9.17) is 20.6 Å². The zero-order valence-corrected chi connectivity index (χ0v) is 15.0. The van der Waals surface area contributed by atoms with Gasteiger partial charge < -0.3 is 19.5 Å². The highest BCUT2D eigenvalue weighted by Crippen LogP contribution is 2.34. The van der Waals surface area contributed by atoms with Gasteiger partial charge in [-0.2, -0.15) is 0 Å². The van der Waals surface area contributed by atoms with Gasteiger partial charge in [0, 0.05) is 12.1 Å². The quantitative estimate of drug-likeness (QED) is 0.519. The van der Waals surface area contributed by atoms with Crippen molar-refractivity contribution in [2.75, 3.05) is 25.1 Å². The number of nitrogens with one attached hydrogen (secondary N) is 1. The normalized spacial score (nSPS) is 9.84. The van der Waals surface area contributed by atoms with Crippen LogP contribution in [-0.4, -0.2) is 31.7 Å². The minimum Gasteiger partial charge on any atom is -0.490 e. The maximum atomic E-state index is 12.3. The lowest BCUT2D eigenvalue weighted by Crippen LogP contribution is -2.15. The number of carbonyl (C=O) groups is 2. The summed E-state index contributed by atoms with van der Waals surface area (Å²) >= 11 is 0. The number of carbonyl (C=O) groups excluding carboxylic acids is 2. The average molecular weight is 347 g/mol. The van der Waals surface area contributed by atoms with Crippen molar-refractivity contribution in [3.8, 4) is 23.8 Å². The molecule has 1 aromatic rings. The fourth-order valence-electron chi connectivity index (χ4n) is 1.91. The van der Waals surface area contributed by atoms with E-state index in [0.29, 0.717) is 31.1 Å². The lowest BCUT2D eigenvalue weighted by Gasteiger charge is -2.16. The van der Waals surface area contributed by atoms with E-state index in [1.165, 1.54) is 6.07 Å². The van der Waals surface area contributed by atoms with Crippen molar-refractivity contribution in [2.45, 2.75) is 40.0 Å². The number of ether oxygens (including phenoxy) is 3. The van der Waals surface area contributed by atoms with Crippen molar-refractivity contribution in [1.82, 2.24) is 0 Å². The van der Waals surface area contributed by atoms with Crippen LogP contribution < -0.4 is 14.8 Å². The predicted molar refractivity (Wildman–Crippen MR) is 96.1 cm³/mol. The standard InChI is InChI=1S/C19H25NO5/c1-5-9-23-16-12-14(19(22)25-11-7-3)15(20-18(21)8-4)13-17(16)24-10-6-2/h4,12-13H,5-7,9-11H2,1-3H3,(H,20,21). The van der Waals surface area contributed by atoms with Crippen LogP contribution >= 0.6 is 0 Å². The smallest absolute Gasteiger partial charge is 0.340 e. The molecule has 6 nitrogen and oxygen atoms in total. The van der Waals surface area contributed by atoms with Gasteiger partial charge in [-0.25, -0.2) is 4.79 Å². The molecule has 0 aromatic heterocycles. The molecule has 0 bridgehead atoms. The van der Waals surface area contributed by atoms with Crippen molar-refractivity contribution in [2.24, 2.45) is 0 Å². The number of amides is 1. The molecule has 0 aliphatic carbocycles. The third kappa shape index (κ3) is 6.38. The summed E-state index contributed by atoms with van der Waals surface area (Å²) in [5, 5.41) is 2.51. The molecule has 136 valence electrons. The molecule has 0 fully saturated rings. The number of terminal acetylenes is 1. The van der Waals surface area contributed by atoms with Crippen LogP contribution in [-0.2, 0) is 9.53 Å². The Morgan fingerprint density at radius 2 is 1.56 bits per heavy atom. The van der Waals surface area contributed by atoms with Gasteiger partial charge in [-0.05, 0) is 25.2 Å². The van der Waals surface area contributed by atoms with E-state index in [0.717, 1.165) is 12.8 Å². The third-order valence-electron chi connectivity index (χ3n) is 3.04. The summed E-state index contributed by atoms with van der Waals surface area (Å²) in [6.45, 7) is 7.08. The van der Waals surface area contributed by atoms with Gasteiger partial charge in [-0.3, -0.25) is 4.79 Å². The fraction of sp³-hybridized carbons (Fsp3) is 0.474. The fourth-order valence-corrected chi connectivity index (χ4v) is 1.91. The highest BCUT2D eigenvalue weighted by atomic mass is 16.5. The van der Waals surface area contributed by atoms with E-state index in [-0.39, 0.29) is 17.9 Å². The van der Waals surface area contributed by atoms with Crippen molar-refractivity contribution in [3.05, 3.63) is 17.7 Å². The van der Waals surface area contributed by atoms with Gasteiger partial charge in [0.2, 0.25) is 0 Å². The Labute approximate surface area is 148 Å². The van der Waals surface area contributed by atoms with Crippen molar-refractivity contribution < 1.29 is 23.8 Å². The van der Waals surface area contributed by atoms with Crippen LogP contribution in [0.5, 0.6) is 11.5 Å². The minimum atomic E-state index is -0.659. The summed E-state index contributed by atoms with van der Waals surface area (Å²) < 4.78 is 16.5. The molecule has 0 atom stereocenters. The van der Waals surface area contributed by atoms with Crippen molar-refractivity contribution in [1.29, 1.82) is 0 Å². The number of rotatable bonds is 10. The zero-order valence-electron chi connectivity index (χ0n) is 15.0. The van der Waals surface area contributed by atoms with Gasteiger partial charge in [0.25, 0.3) is 5.91 Å². The summed E-state index contributed by atoms with van der Waals surface area (Å²) in [6, 6.07) is 3.06. The molecule has 1 N–H and O–H groups in total. The second-order valence-corrected chi connectivity index (χ2v) is 5.28. The SMILES string of the molecule is C#CC(=O)Nc1cc(OCCC)c(OCCC)cc1C(=O)OCCC. The first-order valence-electron chi connectivity index (χ1n) is 8.45. The monoisotopic (exact) mass is 347 g/mol. The number of hydrogen-bond acceptors (Lipinski definition) is 5. The van der Waals surface area contributed by atoms with Crippen LogP contribution in [0.25, 0.3) is 0 Å². The van der Waals surface area contributed by atoms with Crippen LogP contribution in [0.3, 0.4) is 0 Å². The van der Waals surface area contributed by atoms with Crippen LogP contribution in [0.2, 0.25) is 0 Å². The van der Waals surface area contributed by atoms with Gasteiger partial charge in [0.15, 0.2) is 11.5 Å². The predicted octanol–water partition coefficient (Wildman–Crippen LogP) is 3.40. The van der Waals surface area contributed by atoms with Gasteiger partial charge in [-0.15, -0.1) is 6.42 Å².